The molecule has 1 aliphatic rings. The van der Waals surface area contributed by atoms with Gasteiger partial charge in [0.15, 0.2) is 0 Å². The van der Waals surface area contributed by atoms with Crippen molar-refractivity contribution < 1.29 is 14.7 Å². The number of benzene rings is 2. The van der Waals surface area contributed by atoms with Crippen molar-refractivity contribution >= 4 is 28.2 Å². The number of carbonyl (C=O) groups excluding carboxylic acids is 2. The minimum atomic E-state index is -0.656. The standard InChI is InChI=1S/C26H27N3O3/c1-3-28(4-2)15-16-29-23(19-11-13-27-14-12-19)22(25(31)26(29)32)24(30)21-10-9-18-7-5-6-8-20(18)17-21/h5-14,17,23,30H,3-4,15-16H2,1-2H3/b24-22-. The number of carbonyl (C=O) groups is 2. The van der Waals surface area contributed by atoms with Crippen LogP contribution in [0.4, 0.5) is 0 Å². The van der Waals surface area contributed by atoms with Crippen LogP contribution in [0.25, 0.3) is 16.5 Å². The number of fused-ring (bicyclic) bond motifs is 1. The van der Waals surface area contributed by atoms with Crippen LogP contribution in [0.2, 0.25) is 0 Å². The van der Waals surface area contributed by atoms with Crippen LogP contribution in [0.15, 0.2) is 72.6 Å². The Morgan fingerprint density at radius 3 is 2.38 bits per heavy atom. The minimum Gasteiger partial charge on any atom is -0.507 e. The number of Topliss-reactive ketones (excluding diaryl/α,β-unsaturated/α-hetero) is 1. The number of pyridine rings is 1. The third kappa shape index (κ3) is 4.01. The number of aliphatic hydroxyl groups is 1. The molecule has 4 rings (SSSR count). The van der Waals surface area contributed by atoms with Crippen molar-refractivity contribution in [1.82, 2.24) is 14.8 Å². The number of ketones is 1. The van der Waals surface area contributed by atoms with Gasteiger partial charge in [-0.25, -0.2) is 0 Å². The molecule has 1 unspecified atom stereocenters. The number of nitrogens with zero attached hydrogens (tertiary/aromatic N) is 3. The lowest BCUT2D eigenvalue weighted by Crippen LogP contribution is -2.38. The number of hydrogen-bond donors (Lipinski definition) is 1. The lowest BCUT2D eigenvalue weighted by Gasteiger charge is -2.28. The zero-order valence-corrected chi connectivity index (χ0v) is 18.4. The molecule has 0 bridgehead atoms. The molecule has 2 aromatic carbocycles. The Bertz CT molecular complexity index is 1170. The highest BCUT2D eigenvalue weighted by Gasteiger charge is 2.45. The first-order valence-electron chi connectivity index (χ1n) is 10.9. The molecule has 1 atom stereocenters. The van der Waals surface area contributed by atoms with E-state index in [1.54, 1.807) is 35.5 Å². The molecule has 1 saturated heterocycles. The Kier molecular flexibility index (Phi) is 6.32. The Hall–Kier alpha value is -3.51. The van der Waals surface area contributed by atoms with E-state index in [1.165, 1.54) is 0 Å². The Morgan fingerprint density at radius 2 is 1.69 bits per heavy atom. The Labute approximate surface area is 187 Å². The smallest absolute Gasteiger partial charge is 0.295 e. The lowest BCUT2D eigenvalue weighted by atomic mass is 9.95. The summed E-state index contributed by atoms with van der Waals surface area (Å²) in [5.41, 5.74) is 1.39. The van der Waals surface area contributed by atoms with E-state index in [-0.39, 0.29) is 11.3 Å². The molecule has 6 heteroatoms. The van der Waals surface area contributed by atoms with Crippen LogP contribution in [0.3, 0.4) is 0 Å². The van der Waals surface area contributed by atoms with E-state index >= 15 is 0 Å². The summed E-state index contributed by atoms with van der Waals surface area (Å²) >= 11 is 0. The second kappa shape index (κ2) is 9.32. The number of likely N-dealkylation sites (N-methyl/N-ethyl adjacent to an activating group) is 1. The lowest BCUT2D eigenvalue weighted by molar-refractivity contribution is -0.140. The molecule has 0 radical (unpaired) electrons. The second-order valence-corrected chi connectivity index (χ2v) is 7.86. The van der Waals surface area contributed by atoms with E-state index in [1.807, 2.05) is 36.4 Å². The number of likely N-dealkylation sites (tertiary alicyclic amines) is 1. The summed E-state index contributed by atoms with van der Waals surface area (Å²) in [6.45, 7) is 6.90. The van der Waals surface area contributed by atoms with Gasteiger partial charge in [-0.05, 0) is 47.6 Å². The quantitative estimate of drug-likeness (QED) is 0.349. The molecule has 1 aromatic heterocycles. The molecule has 0 aliphatic carbocycles. The average molecular weight is 430 g/mol. The van der Waals surface area contributed by atoms with Crippen LogP contribution < -0.4 is 0 Å². The van der Waals surface area contributed by atoms with Gasteiger partial charge in [-0.3, -0.25) is 14.6 Å². The third-order valence-corrected chi connectivity index (χ3v) is 6.14. The SMILES string of the molecule is CCN(CC)CCN1C(=O)C(=O)/C(=C(\O)c2ccc3ccccc3c2)C1c1ccncc1. The van der Waals surface area contributed by atoms with Crippen molar-refractivity contribution in [3.8, 4) is 0 Å². The molecular weight excluding hydrogens is 402 g/mol. The summed E-state index contributed by atoms with van der Waals surface area (Å²) in [5, 5.41) is 13.2. The minimum absolute atomic E-state index is 0.121. The molecule has 1 fully saturated rings. The van der Waals surface area contributed by atoms with Crippen molar-refractivity contribution in [1.29, 1.82) is 0 Å². The molecule has 2 heterocycles. The second-order valence-electron chi connectivity index (χ2n) is 7.86. The summed E-state index contributed by atoms with van der Waals surface area (Å²) < 4.78 is 0. The molecule has 164 valence electrons. The molecular formula is C26H27N3O3. The van der Waals surface area contributed by atoms with E-state index in [9.17, 15) is 14.7 Å². The van der Waals surface area contributed by atoms with E-state index in [2.05, 4.69) is 23.7 Å². The zero-order valence-electron chi connectivity index (χ0n) is 18.4. The van der Waals surface area contributed by atoms with Gasteiger partial charge in [-0.1, -0.05) is 50.2 Å². The van der Waals surface area contributed by atoms with Crippen molar-refractivity contribution in [2.24, 2.45) is 0 Å². The van der Waals surface area contributed by atoms with Gasteiger partial charge in [0.1, 0.15) is 5.76 Å². The summed E-state index contributed by atoms with van der Waals surface area (Å²) in [4.78, 5) is 34.0. The van der Waals surface area contributed by atoms with Crippen molar-refractivity contribution in [3.63, 3.8) is 0 Å². The van der Waals surface area contributed by atoms with Crippen LogP contribution in [0, 0.1) is 0 Å². The summed E-state index contributed by atoms with van der Waals surface area (Å²) in [7, 11) is 0. The normalized spacial score (nSPS) is 18.1. The van der Waals surface area contributed by atoms with Crippen LogP contribution in [0.5, 0.6) is 0 Å². The van der Waals surface area contributed by atoms with Crippen molar-refractivity contribution in [3.05, 3.63) is 83.7 Å². The van der Waals surface area contributed by atoms with Crippen LogP contribution >= 0.6 is 0 Å². The van der Waals surface area contributed by atoms with Crippen molar-refractivity contribution in [2.75, 3.05) is 26.2 Å². The first-order chi connectivity index (χ1) is 15.5. The largest absolute Gasteiger partial charge is 0.507 e. The van der Waals surface area contributed by atoms with Crippen LogP contribution in [0.1, 0.15) is 31.0 Å². The highest BCUT2D eigenvalue weighted by molar-refractivity contribution is 6.46. The van der Waals surface area contributed by atoms with Gasteiger partial charge in [0.2, 0.25) is 0 Å². The summed E-state index contributed by atoms with van der Waals surface area (Å²) in [5.74, 6) is -1.39. The van der Waals surface area contributed by atoms with Gasteiger partial charge in [-0.15, -0.1) is 0 Å². The molecule has 0 saturated carbocycles. The van der Waals surface area contributed by atoms with E-state index < -0.39 is 17.7 Å². The van der Waals surface area contributed by atoms with Gasteiger partial charge in [0.05, 0.1) is 11.6 Å². The first kappa shape index (κ1) is 21.7. The van der Waals surface area contributed by atoms with Gasteiger partial charge < -0.3 is 14.9 Å². The van der Waals surface area contributed by atoms with Gasteiger partial charge in [0.25, 0.3) is 11.7 Å². The number of amides is 1. The van der Waals surface area contributed by atoms with E-state index in [4.69, 9.17) is 0 Å². The van der Waals surface area contributed by atoms with Gasteiger partial charge >= 0.3 is 0 Å². The van der Waals surface area contributed by atoms with E-state index in [0.29, 0.717) is 18.7 Å². The zero-order chi connectivity index (χ0) is 22.7. The number of hydrogen-bond acceptors (Lipinski definition) is 5. The maximum absolute atomic E-state index is 13.1. The monoisotopic (exact) mass is 429 g/mol. The predicted octanol–water partition coefficient (Wildman–Crippen LogP) is 4.00. The maximum atomic E-state index is 13.1. The summed E-state index contributed by atoms with van der Waals surface area (Å²) in [6.07, 6.45) is 3.27. The van der Waals surface area contributed by atoms with Crippen LogP contribution in [-0.2, 0) is 9.59 Å². The molecule has 6 nitrogen and oxygen atoms in total. The third-order valence-electron chi connectivity index (χ3n) is 6.14. The van der Waals surface area contributed by atoms with Crippen LogP contribution in [-0.4, -0.2) is 57.8 Å². The molecule has 3 aromatic rings. The molecule has 1 amide bonds. The number of aromatic nitrogens is 1. The summed E-state index contributed by atoms with van der Waals surface area (Å²) in [6, 6.07) is 16.3. The highest BCUT2D eigenvalue weighted by atomic mass is 16.3. The molecule has 1 N–H and O–H groups in total. The number of aliphatic hydroxyl groups excluding tert-OH is 1. The highest BCUT2D eigenvalue weighted by Crippen LogP contribution is 2.39. The predicted molar refractivity (Wildman–Crippen MR) is 125 cm³/mol. The fourth-order valence-electron chi connectivity index (χ4n) is 4.28. The fraction of sp³-hybridized carbons (Fsp3) is 0.269. The molecule has 0 spiro atoms. The van der Waals surface area contributed by atoms with Crippen molar-refractivity contribution in [2.45, 2.75) is 19.9 Å². The van der Waals surface area contributed by atoms with E-state index in [0.717, 1.165) is 29.4 Å². The fourth-order valence-corrected chi connectivity index (χ4v) is 4.28. The average Bonchev–Trinajstić information content (AvgIpc) is 3.09. The Morgan fingerprint density at radius 1 is 1.00 bits per heavy atom. The number of rotatable bonds is 7. The Balaban J connectivity index is 1.80. The molecule has 32 heavy (non-hydrogen) atoms. The van der Waals surface area contributed by atoms with Gasteiger partial charge in [-0.2, -0.15) is 0 Å². The topological polar surface area (TPSA) is 73.7 Å². The van der Waals surface area contributed by atoms with Gasteiger partial charge in [0, 0.05) is 31.0 Å². The maximum Gasteiger partial charge on any atom is 0.295 e. The first-order valence-corrected chi connectivity index (χ1v) is 10.9. The molecule has 1 aliphatic heterocycles.